The predicted octanol–water partition coefficient (Wildman–Crippen LogP) is 0.896. The summed E-state index contributed by atoms with van der Waals surface area (Å²) in [6.07, 6.45) is 1.91. The fraction of sp³-hybridized carbons (Fsp3) is 0.467. The van der Waals surface area contributed by atoms with Crippen LogP contribution >= 0.6 is 0 Å². The molecule has 0 aliphatic carbocycles. The van der Waals surface area contributed by atoms with Gasteiger partial charge in [-0.25, -0.2) is 8.42 Å². The van der Waals surface area contributed by atoms with Gasteiger partial charge in [0.1, 0.15) is 0 Å². The molecule has 1 aliphatic rings. The van der Waals surface area contributed by atoms with Crippen LogP contribution in [0.4, 0.5) is 5.69 Å². The van der Waals surface area contributed by atoms with Gasteiger partial charge in [-0.2, -0.15) is 4.31 Å². The summed E-state index contributed by atoms with van der Waals surface area (Å²) >= 11 is 0. The van der Waals surface area contributed by atoms with Crippen LogP contribution in [0.2, 0.25) is 0 Å². The van der Waals surface area contributed by atoms with E-state index in [1.807, 2.05) is 6.07 Å². The zero-order valence-electron chi connectivity index (χ0n) is 13.2. The molecule has 0 fully saturated rings. The highest BCUT2D eigenvalue weighted by molar-refractivity contribution is 7.88. The first-order chi connectivity index (χ1) is 10.8. The Balaban J connectivity index is 2.03. The summed E-state index contributed by atoms with van der Waals surface area (Å²) in [4.78, 5) is 22.8. The van der Waals surface area contributed by atoms with Crippen LogP contribution in [0, 0.1) is 0 Å². The predicted molar refractivity (Wildman–Crippen MR) is 85.3 cm³/mol. The zero-order chi connectivity index (χ0) is 17.0. The summed E-state index contributed by atoms with van der Waals surface area (Å²) in [6, 6.07) is 5.46. The first-order valence-corrected chi connectivity index (χ1v) is 9.08. The molecule has 1 amide bonds. The largest absolute Gasteiger partial charge is 0.469 e. The SMILES string of the molecule is COC(=O)CCC(=O)Nc1ccc2c(c1)CN(S(C)(=O)=O)CC2. The van der Waals surface area contributed by atoms with Gasteiger partial charge in [0.2, 0.25) is 15.9 Å². The molecule has 0 saturated heterocycles. The summed E-state index contributed by atoms with van der Waals surface area (Å²) in [6.45, 7) is 0.775. The third kappa shape index (κ3) is 4.77. The number of nitrogens with one attached hydrogen (secondary N) is 1. The van der Waals surface area contributed by atoms with Gasteiger partial charge in [-0.3, -0.25) is 9.59 Å². The molecule has 0 unspecified atom stereocenters. The lowest BCUT2D eigenvalue weighted by Gasteiger charge is -2.27. The van der Waals surface area contributed by atoms with Crippen molar-refractivity contribution in [2.24, 2.45) is 0 Å². The highest BCUT2D eigenvalue weighted by Crippen LogP contribution is 2.24. The molecule has 0 bridgehead atoms. The van der Waals surface area contributed by atoms with Crippen LogP contribution < -0.4 is 5.32 Å². The van der Waals surface area contributed by atoms with Crippen molar-refractivity contribution in [2.45, 2.75) is 25.8 Å². The van der Waals surface area contributed by atoms with Gasteiger partial charge >= 0.3 is 5.97 Å². The maximum atomic E-state index is 11.8. The normalized spacial score (nSPS) is 14.9. The first kappa shape index (κ1) is 17.4. The van der Waals surface area contributed by atoms with Crippen molar-refractivity contribution >= 4 is 27.6 Å². The average Bonchev–Trinajstić information content (AvgIpc) is 2.51. The Morgan fingerprint density at radius 3 is 2.65 bits per heavy atom. The lowest BCUT2D eigenvalue weighted by atomic mass is 10.0. The quantitative estimate of drug-likeness (QED) is 0.804. The van der Waals surface area contributed by atoms with E-state index in [1.54, 1.807) is 12.1 Å². The number of carbonyl (C=O) groups excluding carboxylic acids is 2. The highest BCUT2D eigenvalue weighted by Gasteiger charge is 2.23. The maximum Gasteiger partial charge on any atom is 0.306 e. The Hall–Kier alpha value is -1.93. The van der Waals surface area contributed by atoms with Crippen molar-refractivity contribution in [3.05, 3.63) is 29.3 Å². The second kappa shape index (κ2) is 7.10. The van der Waals surface area contributed by atoms with E-state index in [9.17, 15) is 18.0 Å². The number of benzene rings is 1. The molecule has 0 atom stereocenters. The summed E-state index contributed by atoms with van der Waals surface area (Å²) in [5.74, 6) is -0.722. The summed E-state index contributed by atoms with van der Waals surface area (Å²) < 4.78 is 29.2. The van der Waals surface area contributed by atoms with Crippen LogP contribution in [0.25, 0.3) is 0 Å². The van der Waals surface area contributed by atoms with E-state index >= 15 is 0 Å². The Labute approximate surface area is 135 Å². The number of nitrogens with zero attached hydrogens (tertiary/aromatic N) is 1. The van der Waals surface area contributed by atoms with E-state index in [-0.39, 0.29) is 18.7 Å². The summed E-state index contributed by atoms with van der Waals surface area (Å²) in [7, 11) is -1.96. The second-order valence-electron chi connectivity index (χ2n) is 5.45. The number of ether oxygens (including phenoxy) is 1. The van der Waals surface area contributed by atoms with Gasteiger partial charge in [-0.1, -0.05) is 6.07 Å². The van der Waals surface area contributed by atoms with Gasteiger partial charge in [0.25, 0.3) is 0 Å². The van der Waals surface area contributed by atoms with Crippen LogP contribution in [-0.4, -0.2) is 44.5 Å². The van der Waals surface area contributed by atoms with Crippen molar-refractivity contribution < 1.29 is 22.7 Å². The van der Waals surface area contributed by atoms with E-state index in [4.69, 9.17) is 0 Å². The number of anilines is 1. The number of rotatable bonds is 5. The van der Waals surface area contributed by atoms with Crippen LogP contribution in [0.1, 0.15) is 24.0 Å². The molecule has 1 aromatic rings. The third-order valence-electron chi connectivity index (χ3n) is 3.72. The average molecular weight is 340 g/mol. The minimum atomic E-state index is -3.23. The van der Waals surface area contributed by atoms with Crippen molar-refractivity contribution in [3.63, 3.8) is 0 Å². The third-order valence-corrected chi connectivity index (χ3v) is 4.97. The van der Waals surface area contributed by atoms with Crippen molar-refractivity contribution in [2.75, 3.05) is 25.2 Å². The van der Waals surface area contributed by atoms with Crippen molar-refractivity contribution in [1.29, 1.82) is 0 Å². The number of amides is 1. The molecule has 0 spiro atoms. The first-order valence-electron chi connectivity index (χ1n) is 7.23. The number of sulfonamides is 1. The van der Waals surface area contributed by atoms with Gasteiger partial charge in [0.05, 0.1) is 19.8 Å². The Kier molecular flexibility index (Phi) is 5.38. The van der Waals surface area contributed by atoms with E-state index < -0.39 is 16.0 Å². The molecule has 1 aliphatic heterocycles. The number of fused-ring (bicyclic) bond motifs is 1. The van der Waals surface area contributed by atoms with Crippen molar-refractivity contribution in [3.8, 4) is 0 Å². The topological polar surface area (TPSA) is 92.8 Å². The number of methoxy groups -OCH3 is 1. The standard InChI is InChI=1S/C15H20N2O5S/c1-22-15(19)6-5-14(18)16-13-4-3-11-7-8-17(23(2,20)21)10-12(11)9-13/h3-4,9H,5-8,10H2,1-2H3,(H,16,18). The molecule has 126 valence electrons. The molecule has 7 nitrogen and oxygen atoms in total. The molecular weight excluding hydrogens is 320 g/mol. The van der Waals surface area contributed by atoms with Gasteiger partial charge in [0.15, 0.2) is 0 Å². The molecule has 1 N–H and O–H groups in total. The Bertz CT molecular complexity index is 715. The molecule has 1 aromatic carbocycles. The monoisotopic (exact) mass is 340 g/mol. The minimum absolute atomic E-state index is 0.0229. The molecule has 2 rings (SSSR count). The molecule has 8 heteroatoms. The van der Waals surface area contributed by atoms with Crippen LogP contribution in [0.15, 0.2) is 18.2 Å². The number of carbonyl (C=O) groups is 2. The van der Waals surface area contributed by atoms with Gasteiger partial charge < -0.3 is 10.1 Å². The van der Waals surface area contributed by atoms with Crippen LogP contribution in [0.3, 0.4) is 0 Å². The van der Waals surface area contributed by atoms with Crippen molar-refractivity contribution in [1.82, 2.24) is 4.31 Å². The number of esters is 1. The molecular formula is C15H20N2O5S. The summed E-state index contributed by atoms with van der Waals surface area (Å²) in [5, 5.41) is 2.71. The number of hydrogen-bond donors (Lipinski definition) is 1. The van der Waals surface area contributed by atoms with Gasteiger partial charge in [-0.05, 0) is 29.7 Å². The fourth-order valence-corrected chi connectivity index (χ4v) is 3.23. The lowest BCUT2D eigenvalue weighted by Crippen LogP contribution is -2.35. The molecule has 0 aromatic heterocycles. The minimum Gasteiger partial charge on any atom is -0.469 e. The van der Waals surface area contributed by atoms with E-state index in [0.717, 1.165) is 11.1 Å². The van der Waals surface area contributed by atoms with E-state index in [1.165, 1.54) is 17.7 Å². The molecule has 0 radical (unpaired) electrons. The number of hydrogen-bond acceptors (Lipinski definition) is 5. The molecule has 1 heterocycles. The molecule has 23 heavy (non-hydrogen) atoms. The lowest BCUT2D eigenvalue weighted by molar-refractivity contribution is -0.141. The highest BCUT2D eigenvalue weighted by atomic mass is 32.2. The van der Waals surface area contributed by atoms with E-state index in [2.05, 4.69) is 10.1 Å². The Morgan fingerprint density at radius 1 is 1.26 bits per heavy atom. The molecule has 0 saturated carbocycles. The van der Waals surface area contributed by atoms with Gasteiger partial charge in [0, 0.05) is 25.2 Å². The fourth-order valence-electron chi connectivity index (χ4n) is 2.43. The Morgan fingerprint density at radius 2 is 2.00 bits per heavy atom. The van der Waals surface area contributed by atoms with Crippen LogP contribution in [-0.2, 0) is 37.3 Å². The van der Waals surface area contributed by atoms with E-state index in [0.29, 0.717) is 25.2 Å². The zero-order valence-corrected chi connectivity index (χ0v) is 14.0. The van der Waals surface area contributed by atoms with Gasteiger partial charge in [-0.15, -0.1) is 0 Å². The van der Waals surface area contributed by atoms with Crippen LogP contribution in [0.5, 0.6) is 0 Å². The summed E-state index contributed by atoms with van der Waals surface area (Å²) in [5.41, 5.74) is 2.55. The smallest absolute Gasteiger partial charge is 0.306 e. The maximum absolute atomic E-state index is 11.8. The second-order valence-corrected chi connectivity index (χ2v) is 7.44.